The van der Waals surface area contributed by atoms with E-state index in [0.717, 1.165) is 22.6 Å². The first-order valence-electron chi connectivity index (χ1n) is 11.2. The van der Waals surface area contributed by atoms with E-state index in [1.54, 1.807) is 6.26 Å². The van der Waals surface area contributed by atoms with Crippen LogP contribution in [-0.2, 0) is 17.4 Å². The van der Waals surface area contributed by atoms with Gasteiger partial charge in [-0.1, -0.05) is 48.9 Å². The Morgan fingerprint density at radius 1 is 1.19 bits per heavy atom. The Kier molecular flexibility index (Phi) is 9.46. The number of fused-ring (bicyclic) bond motifs is 1. The normalized spacial score (nSPS) is 16.8. The number of benzene rings is 2. The highest BCUT2D eigenvalue weighted by Crippen LogP contribution is 2.28. The number of piperidine rings is 1. The van der Waals surface area contributed by atoms with Crippen molar-refractivity contribution >= 4 is 27.6 Å². The maximum Gasteiger partial charge on any atom is 0.145 e. The van der Waals surface area contributed by atoms with Crippen LogP contribution in [0.25, 0.3) is 10.9 Å². The van der Waals surface area contributed by atoms with E-state index < -0.39 is 11.0 Å². The van der Waals surface area contributed by atoms with Gasteiger partial charge in [0.05, 0.1) is 11.0 Å². The van der Waals surface area contributed by atoms with E-state index in [0.29, 0.717) is 24.6 Å². The molecule has 0 aliphatic carbocycles. The lowest BCUT2D eigenvalue weighted by Gasteiger charge is -2.23. The van der Waals surface area contributed by atoms with Crippen LogP contribution in [0.5, 0.6) is 5.75 Å². The lowest BCUT2D eigenvalue weighted by atomic mass is 9.98. The smallest absolute Gasteiger partial charge is 0.145 e. The minimum absolute atomic E-state index is 0.425. The summed E-state index contributed by atoms with van der Waals surface area (Å²) < 4.78 is 19.3. The number of nitrogen functional groups attached to an aromatic ring is 1. The molecule has 2 heterocycles. The molecule has 4 N–H and O–H groups in total. The summed E-state index contributed by atoms with van der Waals surface area (Å²) >= 11 is 0. The largest absolute Gasteiger partial charge is 0.490 e. The summed E-state index contributed by atoms with van der Waals surface area (Å²) in [4.78, 5) is 4.46. The zero-order valence-electron chi connectivity index (χ0n) is 19.0. The summed E-state index contributed by atoms with van der Waals surface area (Å²) in [5, 5.41) is 4.45. The van der Waals surface area contributed by atoms with Crippen LogP contribution in [0.4, 0.5) is 5.69 Å². The number of hydrogen-bond acceptors (Lipinski definition) is 5. The molecule has 0 radical (unpaired) electrons. The Balaban J connectivity index is 0.000000193. The molecule has 7 heteroatoms. The summed E-state index contributed by atoms with van der Waals surface area (Å²) in [6, 6.07) is 19.0. The first-order chi connectivity index (χ1) is 15.5. The maximum absolute atomic E-state index is 10.9. The van der Waals surface area contributed by atoms with Crippen LogP contribution in [-0.4, -0.2) is 41.2 Å². The SMILES string of the molecule is Cc1cc(N)c2cccc(OCCNS(C)=O)c2n1.c1ccc(CC2CCCCN2)cc1. The van der Waals surface area contributed by atoms with Gasteiger partial charge in [-0.05, 0) is 50.4 Å². The molecule has 0 saturated carbocycles. The molecular formula is C25H34N4O2S. The number of aryl methyl sites for hydroxylation is 1. The molecule has 1 aromatic heterocycles. The van der Waals surface area contributed by atoms with E-state index in [-0.39, 0.29) is 0 Å². The lowest BCUT2D eigenvalue weighted by molar-refractivity contribution is 0.327. The highest BCUT2D eigenvalue weighted by Gasteiger charge is 2.12. The number of nitrogens with zero attached hydrogens (tertiary/aromatic N) is 1. The first-order valence-corrected chi connectivity index (χ1v) is 12.7. The monoisotopic (exact) mass is 454 g/mol. The molecule has 2 unspecified atom stereocenters. The minimum Gasteiger partial charge on any atom is -0.490 e. The number of anilines is 1. The quantitative estimate of drug-likeness (QED) is 0.473. The number of nitrogens with two attached hydrogens (primary N) is 1. The predicted octanol–water partition coefficient (Wildman–Crippen LogP) is 3.76. The van der Waals surface area contributed by atoms with Crippen molar-refractivity contribution in [2.75, 3.05) is 31.7 Å². The van der Waals surface area contributed by atoms with Crippen LogP contribution in [0, 0.1) is 6.92 Å². The minimum atomic E-state index is -1.02. The fourth-order valence-corrected chi connectivity index (χ4v) is 4.21. The van der Waals surface area contributed by atoms with E-state index in [1.165, 1.54) is 37.8 Å². The highest BCUT2D eigenvalue weighted by atomic mass is 32.2. The Bertz CT molecular complexity index is 1010. The standard InChI is InChI=1S/C13H17N3O2S.C12H17N/c1-9-8-11(14)10-4-3-5-12(13(10)16-9)18-7-6-15-19(2)17;1-2-6-11(7-3-1)10-12-8-4-5-9-13-12/h3-5,8,15H,6-7H2,1-2H3,(H2,14,16);1-3,6-7,12-13H,4-5,8-10H2. The zero-order valence-corrected chi connectivity index (χ0v) is 19.8. The van der Waals surface area contributed by atoms with E-state index in [2.05, 4.69) is 45.4 Å². The summed E-state index contributed by atoms with van der Waals surface area (Å²) in [5.41, 5.74) is 9.74. The fraction of sp³-hybridized carbons (Fsp3) is 0.400. The number of pyridine rings is 1. The Morgan fingerprint density at radius 3 is 2.72 bits per heavy atom. The molecule has 0 bridgehead atoms. The van der Waals surface area contributed by atoms with Crippen molar-refractivity contribution in [3.8, 4) is 5.75 Å². The zero-order chi connectivity index (χ0) is 22.8. The van der Waals surface area contributed by atoms with Gasteiger partial charge >= 0.3 is 0 Å². The molecule has 2 atom stereocenters. The molecule has 172 valence electrons. The topological polar surface area (TPSA) is 89.3 Å². The van der Waals surface area contributed by atoms with Crippen LogP contribution >= 0.6 is 0 Å². The Morgan fingerprint density at radius 2 is 2.00 bits per heavy atom. The summed E-state index contributed by atoms with van der Waals surface area (Å²) in [7, 11) is -1.02. The average Bonchev–Trinajstić information content (AvgIpc) is 2.79. The van der Waals surface area contributed by atoms with Crippen molar-refractivity contribution in [1.29, 1.82) is 0 Å². The lowest BCUT2D eigenvalue weighted by Crippen LogP contribution is -2.35. The molecule has 1 fully saturated rings. The van der Waals surface area contributed by atoms with Crippen LogP contribution in [0.15, 0.2) is 54.6 Å². The van der Waals surface area contributed by atoms with Crippen molar-refractivity contribution < 1.29 is 8.95 Å². The Labute approximate surface area is 193 Å². The molecule has 3 aromatic rings. The number of nitrogens with one attached hydrogen (secondary N) is 2. The molecule has 0 spiro atoms. The van der Waals surface area contributed by atoms with E-state index in [4.69, 9.17) is 10.5 Å². The van der Waals surface area contributed by atoms with Crippen LogP contribution in [0.1, 0.15) is 30.5 Å². The second-order valence-corrected chi connectivity index (χ2v) is 9.24. The summed E-state index contributed by atoms with van der Waals surface area (Å²) in [5.74, 6) is 0.691. The second kappa shape index (κ2) is 12.5. The predicted molar refractivity (Wildman–Crippen MR) is 134 cm³/mol. The van der Waals surface area contributed by atoms with E-state index in [1.807, 2.05) is 31.2 Å². The van der Waals surface area contributed by atoms with Gasteiger partial charge in [0.25, 0.3) is 0 Å². The van der Waals surface area contributed by atoms with Gasteiger partial charge in [0.15, 0.2) is 0 Å². The summed E-state index contributed by atoms with van der Waals surface area (Å²) in [6.45, 7) is 4.04. The van der Waals surface area contributed by atoms with E-state index >= 15 is 0 Å². The molecule has 2 aromatic carbocycles. The van der Waals surface area contributed by atoms with Crippen LogP contribution < -0.4 is 20.5 Å². The number of ether oxygens (including phenoxy) is 1. The van der Waals surface area contributed by atoms with Crippen molar-refractivity contribution in [2.24, 2.45) is 0 Å². The third-order valence-electron chi connectivity index (χ3n) is 5.36. The van der Waals surface area contributed by atoms with Gasteiger partial charge < -0.3 is 15.8 Å². The van der Waals surface area contributed by atoms with E-state index in [9.17, 15) is 4.21 Å². The van der Waals surface area contributed by atoms with Gasteiger partial charge in [0, 0.05) is 35.6 Å². The van der Waals surface area contributed by atoms with Gasteiger partial charge in [-0.15, -0.1) is 0 Å². The molecular weight excluding hydrogens is 420 g/mol. The van der Waals surface area contributed by atoms with Crippen LogP contribution in [0.2, 0.25) is 0 Å². The number of hydrogen-bond donors (Lipinski definition) is 3. The molecule has 4 rings (SSSR count). The number of rotatable bonds is 7. The van der Waals surface area contributed by atoms with Gasteiger partial charge in [0.2, 0.25) is 0 Å². The third-order valence-corrected chi connectivity index (χ3v) is 5.98. The van der Waals surface area contributed by atoms with Gasteiger partial charge in [-0.25, -0.2) is 13.9 Å². The van der Waals surface area contributed by atoms with Gasteiger partial charge in [0.1, 0.15) is 17.9 Å². The molecule has 0 amide bonds. The maximum atomic E-state index is 10.9. The number of para-hydroxylation sites is 1. The van der Waals surface area contributed by atoms with Gasteiger partial charge in [-0.3, -0.25) is 0 Å². The second-order valence-electron chi connectivity index (χ2n) is 8.04. The average molecular weight is 455 g/mol. The van der Waals surface area contributed by atoms with Crippen molar-refractivity contribution in [2.45, 2.75) is 38.6 Å². The first kappa shape index (κ1) is 24.2. The molecule has 1 aliphatic rings. The fourth-order valence-electron chi connectivity index (χ4n) is 3.84. The molecule has 32 heavy (non-hydrogen) atoms. The Hall–Kier alpha value is -2.48. The highest BCUT2D eigenvalue weighted by molar-refractivity contribution is 7.82. The summed E-state index contributed by atoms with van der Waals surface area (Å²) in [6.07, 6.45) is 6.87. The third kappa shape index (κ3) is 7.58. The molecule has 6 nitrogen and oxygen atoms in total. The van der Waals surface area contributed by atoms with Gasteiger partial charge in [-0.2, -0.15) is 0 Å². The number of aromatic nitrogens is 1. The molecule has 1 saturated heterocycles. The van der Waals surface area contributed by atoms with Crippen molar-refractivity contribution in [1.82, 2.24) is 15.0 Å². The molecule has 1 aliphatic heterocycles. The van der Waals surface area contributed by atoms with Crippen LogP contribution in [0.3, 0.4) is 0 Å². The van der Waals surface area contributed by atoms with Crippen molar-refractivity contribution in [3.63, 3.8) is 0 Å². The van der Waals surface area contributed by atoms with Crippen molar-refractivity contribution in [3.05, 3.63) is 65.9 Å².